The van der Waals surface area contributed by atoms with E-state index in [0.717, 1.165) is 16.1 Å². The fourth-order valence-corrected chi connectivity index (χ4v) is 2.95. The molecule has 3 amide bonds. The first-order valence-corrected chi connectivity index (χ1v) is 7.43. The van der Waals surface area contributed by atoms with E-state index in [0.29, 0.717) is 12.3 Å². The number of nitrogens with one attached hydrogen (secondary N) is 1. The second-order valence-electron chi connectivity index (χ2n) is 5.40. The van der Waals surface area contributed by atoms with Crippen molar-refractivity contribution in [2.24, 2.45) is 0 Å². The maximum absolute atomic E-state index is 12.0. The molecule has 0 radical (unpaired) electrons. The van der Waals surface area contributed by atoms with E-state index in [2.05, 4.69) is 5.32 Å². The minimum absolute atomic E-state index is 0.181. The van der Waals surface area contributed by atoms with E-state index in [1.54, 1.807) is 25.6 Å². The van der Waals surface area contributed by atoms with Gasteiger partial charge in [-0.2, -0.15) is 0 Å². The molecule has 1 saturated heterocycles. The van der Waals surface area contributed by atoms with Gasteiger partial charge in [-0.05, 0) is 38.5 Å². The molecule has 6 heteroatoms. The van der Waals surface area contributed by atoms with E-state index in [4.69, 9.17) is 5.73 Å². The van der Waals surface area contributed by atoms with Crippen LogP contribution in [0.1, 0.15) is 19.4 Å². The number of imide groups is 1. The monoisotopic (exact) mass is 293 g/mol. The first-order valence-electron chi connectivity index (χ1n) is 6.44. The van der Waals surface area contributed by atoms with Crippen LogP contribution in [0.2, 0.25) is 0 Å². The lowest BCUT2D eigenvalue weighted by molar-refractivity contribution is -0.130. The lowest BCUT2D eigenvalue weighted by Crippen LogP contribution is -2.40. The molecule has 0 saturated carbocycles. The predicted octanol–water partition coefficient (Wildman–Crippen LogP) is 2.00. The van der Waals surface area contributed by atoms with Crippen LogP contribution in [0.3, 0.4) is 0 Å². The Balaban J connectivity index is 1.93. The van der Waals surface area contributed by atoms with E-state index in [1.807, 2.05) is 25.1 Å². The summed E-state index contributed by atoms with van der Waals surface area (Å²) in [6.45, 7) is 5.78. The summed E-state index contributed by atoms with van der Waals surface area (Å²) in [6.07, 6.45) is 0. The van der Waals surface area contributed by atoms with Gasteiger partial charge in [0, 0.05) is 22.9 Å². The number of carbonyl (C=O) groups is 2. The van der Waals surface area contributed by atoms with Gasteiger partial charge in [0.2, 0.25) is 0 Å². The molecule has 108 valence electrons. The number of anilines is 1. The fourth-order valence-electron chi connectivity index (χ4n) is 2.07. The van der Waals surface area contributed by atoms with Crippen LogP contribution in [0.4, 0.5) is 10.5 Å². The normalized spacial score (nSPS) is 17.4. The lowest BCUT2D eigenvalue weighted by atomic mass is 10.1. The summed E-state index contributed by atoms with van der Waals surface area (Å²) in [5.41, 5.74) is 6.97. The lowest BCUT2D eigenvalue weighted by Gasteiger charge is -2.16. The molecule has 1 aliphatic rings. The first kappa shape index (κ1) is 14.7. The van der Waals surface area contributed by atoms with Crippen LogP contribution in [0.25, 0.3) is 0 Å². The van der Waals surface area contributed by atoms with Crippen LogP contribution in [0, 0.1) is 6.92 Å². The molecule has 1 aromatic carbocycles. The maximum Gasteiger partial charge on any atom is 0.325 e. The Morgan fingerprint density at radius 2 is 2.05 bits per heavy atom. The zero-order chi connectivity index (χ0) is 14.9. The van der Waals surface area contributed by atoms with Crippen LogP contribution in [0.5, 0.6) is 0 Å². The second kappa shape index (κ2) is 5.36. The van der Waals surface area contributed by atoms with Crippen molar-refractivity contribution in [2.45, 2.75) is 31.2 Å². The van der Waals surface area contributed by atoms with Crippen LogP contribution in [-0.2, 0) is 4.79 Å². The SMILES string of the molecule is Cc1ccc(SCCN2C(=O)NC(C)(C)C2=O)c(N)c1. The third-order valence-corrected chi connectivity index (χ3v) is 4.25. The molecular weight excluding hydrogens is 274 g/mol. The number of nitrogen functional groups attached to an aromatic ring is 1. The number of urea groups is 1. The van der Waals surface area contributed by atoms with Gasteiger partial charge in [-0.25, -0.2) is 4.79 Å². The number of aryl methyl sites for hydroxylation is 1. The zero-order valence-electron chi connectivity index (χ0n) is 11.9. The number of nitrogens with zero attached hydrogens (tertiary/aromatic N) is 1. The summed E-state index contributed by atoms with van der Waals surface area (Å²) in [6, 6.07) is 5.55. The third-order valence-electron chi connectivity index (χ3n) is 3.18. The first-order chi connectivity index (χ1) is 9.31. The van der Waals surface area contributed by atoms with Crippen LogP contribution in [0.15, 0.2) is 23.1 Å². The van der Waals surface area contributed by atoms with Gasteiger partial charge in [0.1, 0.15) is 5.54 Å². The van der Waals surface area contributed by atoms with E-state index < -0.39 is 5.54 Å². The molecule has 1 aromatic rings. The van der Waals surface area contributed by atoms with Gasteiger partial charge in [0.15, 0.2) is 0 Å². The van der Waals surface area contributed by atoms with Gasteiger partial charge >= 0.3 is 6.03 Å². The number of hydrogen-bond acceptors (Lipinski definition) is 4. The second-order valence-corrected chi connectivity index (χ2v) is 6.54. The van der Waals surface area contributed by atoms with Crippen molar-refractivity contribution in [2.75, 3.05) is 18.0 Å². The molecule has 0 atom stereocenters. The number of carbonyl (C=O) groups excluding carboxylic acids is 2. The molecule has 2 rings (SSSR count). The Morgan fingerprint density at radius 3 is 2.60 bits per heavy atom. The molecule has 20 heavy (non-hydrogen) atoms. The molecule has 1 heterocycles. The molecule has 1 fully saturated rings. The van der Waals surface area contributed by atoms with Gasteiger partial charge in [0.05, 0.1) is 0 Å². The number of amides is 3. The highest BCUT2D eigenvalue weighted by molar-refractivity contribution is 7.99. The number of hydrogen-bond donors (Lipinski definition) is 2. The number of nitrogens with two attached hydrogens (primary N) is 1. The highest BCUT2D eigenvalue weighted by Gasteiger charge is 2.43. The molecule has 0 spiro atoms. The number of rotatable bonds is 4. The van der Waals surface area contributed by atoms with Crippen LogP contribution >= 0.6 is 11.8 Å². The van der Waals surface area contributed by atoms with Gasteiger partial charge in [-0.3, -0.25) is 9.69 Å². The van der Waals surface area contributed by atoms with Gasteiger partial charge in [0.25, 0.3) is 5.91 Å². The Morgan fingerprint density at radius 1 is 1.35 bits per heavy atom. The number of thioether (sulfide) groups is 1. The average Bonchev–Trinajstić information content (AvgIpc) is 2.53. The Labute approximate surface area is 122 Å². The van der Waals surface area contributed by atoms with Crippen LogP contribution < -0.4 is 11.1 Å². The molecule has 0 unspecified atom stereocenters. The fraction of sp³-hybridized carbons (Fsp3) is 0.429. The summed E-state index contributed by atoms with van der Waals surface area (Å²) in [5.74, 6) is 0.447. The Bertz CT molecular complexity index is 557. The minimum atomic E-state index is -0.801. The number of benzene rings is 1. The minimum Gasteiger partial charge on any atom is -0.398 e. The summed E-state index contributed by atoms with van der Waals surface area (Å²) in [7, 11) is 0. The van der Waals surface area contributed by atoms with Crippen molar-refractivity contribution in [3.05, 3.63) is 23.8 Å². The van der Waals surface area contributed by atoms with Crippen molar-refractivity contribution < 1.29 is 9.59 Å². The highest BCUT2D eigenvalue weighted by atomic mass is 32.2. The quantitative estimate of drug-likeness (QED) is 0.506. The molecule has 0 aliphatic carbocycles. The predicted molar refractivity (Wildman–Crippen MR) is 80.6 cm³/mol. The Hall–Kier alpha value is -1.69. The summed E-state index contributed by atoms with van der Waals surface area (Å²) < 4.78 is 0. The topological polar surface area (TPSA) is 75.4 Å². The molecule has 1 aliphatic heterocycles. The average molecular weight is 293 g/mol. The van der Waals surface area contributed by atoms with Gasteiger partial charge in [-0.1, -0.05) is 6.07 Å². The highest BCUT2D eigenvalue weighted by Crippen LogP contribution is 2.26. The van der Waals surface area contributed by atoms with Crippen molar-refractivity contribution in [1.29, 1.82) is 0 Å². The largest absolute Gasteiger partial charge is 0.398 e. The van der Waals surface area contributed by atoms with Crippen molar-refractivity contribution in [3.8, 4) is 0 Å². The molecular formula is C14H19N3O2S. The van der Waals surface area contributed by atoms with Gasteiger partial charge < -0.3 is 11.1 Å². The summed E-state index contributed by atoms with van der Waals surface area (Å²) >= 11 is 1.55. The van der Waals surface area contributed by atoms with Crippen molar-refractivity contribution >= 4 is 29.4 Å². The van der Waals surface area contributed by atoms with Crippen molar-refractivity contribution in [3.63, 3.8) is 0 Å². The van der Waals surface area contributed by atoms with Crippen LogP contribution in [-0.4, -0.2) is 34.7 Å². The van der Waals surface area contributed by atoms with E-state index >= 15 is 0 Å². The Kier molecular flexibility index (Phi) is 3.94. The smallest absolute Gasteiger partial charge is 0.325 e. The summed E-state index contributed by atoms with van der Waals surface area (Å²) in [4.78, 5) is 25.9. The third kappa shape index (κ3) is 2.90. The van der Waals surface area contributed by atoms with E-state index in [1.165, 1.54) is 4.90 Å². The molecule has 0 bridgehead atoms. The molecule has 5 nitrogen and oxygen atoms in total. The zero-order valence-corrected chi connectivity index (χ0v) is 12.7. The van der Waals surface area contributed by atoms with E-state index in [9.17, 15) is 9.59 Å². The molecule has 0 aromatic heterocycles. The van der Waals surface area contributed by atoms with Crippen molar-refractivity contribution in [1.82, 2.24) is 10.2 Å². The standard InChI is InChI=1S/C14H19N3O2S/c1-9-4-5-11(10(15)8-9)20-7-6-17-12(18)14(2,3)16-13(17)19/h4-5,8H,6-7,15H2,1-3H3,(H,16,19). The van der Waals surface area contributed by atoms with Gasteiger partial charge in [-0.15, -0.1) is 11.8 Å². The maximum atomic E-state index is 12.0. The summed E-state index contributed by atoms with van der Waals surface area (Å²) in [5, 5.41) is 2.66. The van der Waals surface area contributed by atoms with E-state index in [-0.39, 0.29) is 11.9 Å². The molecule has 3 N–H and O–H groups in total.